The van der Waals surface area contributed by atoms with E-state index in [1.54, 1.807) is 18.5 Å². The molecule has 1 aromatic carbocycles. The number of hydrogen-bond acceptors (Lipinski definition) is 4. The zero-order valence-corrected chi connectivity index (χ0v) is 14.9. The molecule has 0 spiro atoms. The van der Waals surface area contributed by atoms with Gasteiger partial charge in [-0.3, -0.25) is 19.6 Å². The van der Waals surface area contributed by atoms with Crippen molar-refractivity contribution in [3.05, 3.63) is 49.7 Å². The molecule has 0 unspecified atom stereocenters. The fourth-order valence-corrected chi connectivity index (χ4v) is 2.51. The van der Waals surface area contributed by atoms with Crippen LogP contribution in [-0.2, 0) is 11.3 Å². The van der Waals surface area contributed by atoms with Crippen molar-refractivity contribution in [2.45, 2.75) is 27.3 Å². The first-order valence-electron chi connectivity index (χ1n) is 7.15. The van der Waals surface area contributed by atoms with Crippen LogP contribution >= 0.6 is 23.2 Å². The van der Waals surface area contributed by atoms with Gasteiger partial charge in [0.1, 0.15) is 5.69 Å². The summed E-state index contributed by atoms with van der Waals surface area (Å²) in [5.74, 6) is -0.821. The van der Waals surface area contributed by atoms with Crippen LogP contribution in [0.1, 0.15) is 18.3 Å². The molecule has 0 saturated heterocycles. The minimum atomic E-state index is -0.590. The lowest BCUT2D eigenvalue weighted by Crippen LogP contribution is -2.25. The quantitative estimate of drug-likeness (QED) is 0.636. The number of hydrogen-bond donors (Lipinski definition) is 1. The molecule has 0 aliphatic rings. The number of nitro benzene ring substituents is 1. The summed E-state index contributed by atoms with van der Waals surface area (Å²) in [6, 6.07) is 4.09. The molecule has 9 heteroatoms. The maximum Gasteiger partial charge on any atom is 0.294 e. The molecule has 0 bridgehead atoms. The molecule has 0 saturated carbocycles. The van der Waals surface area contributed by atoms with E-state index in [1.807, 2.05) is 6.92 Å². The molecule has 1 heterocycles. The molecule has 0 radical (unpaired) electrons. The first-order valence-corrected chi connectivity index (χ1v) is 7.90. The van der Waals surface area contributed by atoms with Crippen molar-refractivity contribution in [3.63, 3.8) is 0 Å². The average molecular weight is 371 g/mol. The van der Waals surface area contributed by atoms with Gasteiger partial charge in [-0.2, -0.15) is 5.10 Å². The van der Waals surface area contributed by atoms with E-state index in [-0.39, 0.29) is 22.3 Å². The number of benzene rings is 1. The minimum absolute atomic E-state index is 0.104. The van der Waals surface area contributed by atoms with E-state index >= 15 is 0 Å². The van der Waals surface area contributed by atoms with Gasteiger partial charge in [0.05, 0.1) is 33.8 Å². The Hall–Kier alpha value is -2.12. The monoisotopic (exact) mass is 370 g/mol. The second-order valence-corrected chi connectivity index (χ2v) is 6.29. The van der Waals surface area contributed by atoms with Gasteiger partial charge in [-0.05, 0) is 26.0 Å². The van der Waals surface area contributed by atoms with E-state index in [4.69, 9.17) is 23.2 Å². The van der Waals surface area contributed by atoms with Crippen LogP contribution in [0, 0.1) is 29.9 Å². The van der Waals surface area contributed by atoms with Crippen LogP contribution in [0.25, 0.3) is 0 Å². The largest absolute Gasteiger partial charge is 0.320 e. The fourth-order valence-electron chi connectivity index (χ4n) is 2.21. The summed E-state index contributed by atoms with van der Waals surface area (Å²) in [4.78, 5) is 22.8. The lowest BCUT2D eigenvalue weighted by atomic mass is 10.1. The van der Waals surface area contributed by atoms with Crippen LogP contribution in [0.15, 0.2) is 18.2 Å². The molecule has 1 atom stereocenters. The lowest BCUT2D eigenvalue weighted by molar-refractivity contribution is -0.383. The summed E-state index contributed by atoms with van der Waals surface area (Å²) < 4.78 is 1.65. The maximum absolute atomic E-state index is 12.3. The molecule has 0 aliphatic carbocycles. The smallest absolute Gasteiger partial charge is 0.294 e. The van der Waals surface area contributed by atoms with Crippen LogP contribution in [0.2, 0.25) is 10.0 Å². The van der Waals surface area contributed by atoms with Gasteiger partial charge >= 0.3 is 0 Å². The molecule has 1 aromatic heterocycles. The Kier molecular flexibility index (Phi) is 5.46. The van der Waals surface area contributed by atoms with Crippen LogP contribution in [0.4, 0.5) is 11.4 Å². The van der Waals surface area contributed by atoms with Gasteiger partial charge in [0.15, 0.2) is 0 Å². The zero-order chi connectivity index (χ0) is 18.0. The molecule has 2 rings (SSSR count). The van der Waals surface area contributed by atoms with Gasteiger partial charge in [-0.1, -0.05) is 30.1 Å². The second-order valence-electron chi connectivity index (χ2n) is 5.48. The molecule has 7 nitrogen and oxygen atoms in total. The number of carbonyl (C=O) groups excluding carboxylic acids is 1. The summed E-state index contributed by atoms with van der Waals surface area (Å²) >= 11 is 11.9. The Morgan fingerprint density at radius 1 is 1.42 bits per heavy atom. The van der Waals surface area contributed by atoms with E-state index in [1.165, 1.54) is 18.2 Å². The Labute approximate surface area is 148 Å². The third-order valence-electron chi connectivity index (χ3n) is 3.60. The number of amides is 1. The highest BCUT2D eigenvalue weighted by Crippen LogP contribution is 2.28. The van der Waals surface area contributed by atoms with Crippen molar-refractivity contribution in [2.75, 3.05) is 5.32 Å². The standard InChI is InChI=1S/C15H16Cl2N4O3/c1-8(7-20-10(3)14(17)9(2)19-20)15(22)18-12-5-4-11(16)6-13(12)21(23)24/h4-6,8H,7H2,1-3H3,(H,18,22)/t8-/m0/s1. The van der Waals surface area contributed by atoms with Crippen molar-refractivity contribution in [1.29, 1.82) is 0 Å². The summed E-state index contributed by atoms with van der Waals surface area (Å²) in [7, 11) is 0. The van der Waals surface area contributed by atoms with E-state index in [0.717, 1.165) is 5.69 Å². The molecular formula is C15H16Cl2N4O3. The zero-order valence-electron chi connectivity index (χ0n) is 13.3. The minimum Gasteiger partial charge on any atom is -0.320 e. The van der Waals surface area contributed by atoms with Gasteiger partial charge in [0.2, 0.25) is 5.91 Å². The van der Waals surface area contributed by atoms with E-state index < -0.39 is 10.8 Å². The molecule has 1 N–H and O–H groups in total. The Balaban J connectivity index is 2.15. The molecule has 2 aromatic rings. The van der Waals surface area contributed by atoms with Crippen LogP contribution in [0.5, 0.6) is 0 Å². The predicted molar refractivity (Wildman–Crippen MR) is 92.6 cm³/mol. The molecular weight excluding hydrogens is 355 g/mol. The molecule has 24 heavy (non-hydrogen) atoms. The van der Waals surface area contributed by atoms with Crippen molar-refractivity contribution in [2.24, 2.45) is 5.92 Å². The number of nitrogens with one attached hydrogen (secondary N) is 1. The summed E-state index contributed by atoms with van der Waals surface area (Å²) in [5.41, 5.74) is 1.31. The normalized spacial score (nSPS) is 12.0. The number of nitro groups is 1. The van der Waals surface area contributed by atoms with Gasteiger partial charge < -0.3 is 5.32 Å². The number of aryl methyl sites for hydroxylation is 1. The highest BCUT2D eigenvalue weighted by molar-refractivity contribution is 6.31. The Bertz CT molecular complexity index is 804. The van der Waals surface area contributed by atoms with Gasteiger partial charge in [0, 0.05) is 11.1 Å². The maximum atomic E-state index is 12.3. The summed E-state index contributed by atoms with van der Waals surface area (Å²) in [5, 5.41) is 18.7. The number of nitrogens with zero attached hydrogens (tertiary/aromatic N) is 3. The van der Waals surface area contributed by atoms with Crippen molar-refractivity contribution < 1.29 is 9.72 Å². The predicted octanol–water partition coefficient (Wildman–Crippen LogP) is 3.99. The lowest BCUT2D eigenvalue weighted by Gasteiger charge is -2.13. The molecule has 0 aliphatic heterocycles. The Morgan fingerprint density at radius 2 is 2.08 bits per heavy atom. The fraction of sp³-hybridized carbons (Fsp3) is 0.333. The average Bonchev–Trinajstić information content (AvgIpc) is 2.76. The summed E-state index contributed by atoms with van der Waals surface area (Å²) in [6.45, 7) is 5.62. The third kappa shape index (κ3) is 3.85. The van der Waals surface area contributed by atoms with E-state index in [2.05, 4.69) is 10.4 Å². The first-order chi connectivity index (χ1) is 11.2. The highest BCUT2D eigenvalue weighted by Gasteiger charge is 2.21. The van der Waals surface area contributed by atoms with Crippen LogP contribution in [-0.4, -0.2) is 20.6 Å². The number of rotatable bonds is 5. The molecule has 128 valence electrons. The Morgan fingerprint density at radius 3 is 2.62 bits per heavy atom. The number of anilines is 1. The second kappa shape index (κ2) is 7.19. The van der Waals surface area contributed by atoms with Gasteiger partial charge in [-0.25, -0.2) is 0 Å². The van der Waals surface area contributed by atoms with Gasteiger partial charge in [-0.15, -0.1) is 0 Å². The highest BCUT2D eigenvalue weighted by atomic mass is 35.5. The van der Waals surface area contributed by atoms with Crippen LogP contribution in [0.3, 0.4) is 0 Å². The third-order valence-corrected chi connectivity index (χ3v) is 4.38. The SMILES string of the molecule is Cc1nn(C[C@H](C)C(=O)Nc2ccc(Cl)cc2[N+](=O)[O-])c(C)c1Cl. The van der Waals surface area contributed by atoms with Crippen molar-refractivity contribution in [1.82, 2.24) is 9.78 Å². The van der Waals surface area contributed by atoms with Crippen molar-refractivity contribution >= 4 is 40.5 Å². The number of halogens is 2. The van der Waals surface area contributed by atoms with Crippen molar-refractivity contribution in [3.8, 4) is 0 Å². The number of carbonyl (C=O) groups is 1. The van der Waals surface area contributed by atoms with E-state index in [9.17, 15) is 14.9 Å². The first kappa shape index (κ1) is 18.2. The number of aromatic nitrogens is 2. The molecule has 0 fully saturated rings. The van der Waals surface area contributed by atoms with E-state index in [0.29, 0.717) is 17.3 Å². The molecule has 1 amide bonds. The van der Waals surface area contributed by atoms with Crippen LogP contribution < -0.4 is 5.32 Å². The summed E-state index contributed by atoms with van der Waals surface area (Å²) in [6.07, 6.45) is 0. The topological polar surface area (TPSA) is 90.1 Å². The van der Waals surface area contributed by atoms with Gasteiger partial charge in [0.25, 0.3) is 5.69 Å².